The Labute approximate surface area is 155 Å². The molecule has 0 aromatic carbocycles. The highest BCUT2D eigenvalue weighted by molar-refractivity contribution is 6.51. The SMILES string of the molecule is CC(C)(C)OC(=O)N1CC/C(=C\B2OC(C)(C)C(C)(C)O2)C(F)(F)CC1. The van der Waals surface area contributed by atoms with Crippen molar-refractivity contribution in [3.05, 3.63) is 11.5 Å². The van der Waals surface area contributed by atoms with Crippen LogP contribution in [0.1, 0.15) is 61.3 Å². The fourth-order valence-electron chi connectivity index (χ4n) is 2.82. The van der Waals surface area contributed by atoms with Crippen LogP contribution >= 0.6 is 0 Å². The van der Waals surface area contributed by atoms with Crippen LogP contribution in [0.25, 0.3) is 0 Å². The number of ether oxygens (including phenoxy) is 1. The monoisotopic (exact) mass is 373 g/mol. The van der Waals surface area contributed by atoms with Crippen molar-refractivity contribution >= 4 is 13.2 Å². The van der Waals surface area contributed by atoms with E-state index in [1.54, 1.807) is 20.8 Å². The Balaban J connectivity index is 2.12. The van der Waals surface area contributed by atoms with Gasteiger partial charge >= 0.3 is 13.2 Å². The summed E-state index contributed by atoms with van der Waals surface area (Å²) in [5.74, 6) is -1.64. The number of rotatable bonds is 1. The van der Waals surface area contributed by atoms with Gasteiger partial charge in [-0.1, -0.05) is 0 Å². The highest BCUT2D eigenvalue weighted by Crippen LogP contribution is 2.39. The normalized spacial score (nSPS) is 26.7. The Bertz CT molecular complexity index is 568. The van der Waals surface area contributed by atoms with Gasteiger partial charge in [0.2, 0.25) is 0 Å². The maximum absolute atomic E-state index is 14.6. The minimum Gasteiger partial charge on any atom is -0.444 e. The van der Waals surface area contributed by atoms with E-state index < -0.39 is 42.4 Å². The standard InChI is InChI=1S/C18H30BF2NO4/c1-15(2,3)24-14(23)22-10-8-13(18(20,21)9-11-22)12-19-25-16(4,5)17(6,7)26-19/h12H,8-11H2,1-7H3/b13-12+. The lowest BCUT2D eigenvalue weighted by molar-refractivity contribution is 0.00578. The van der Waals surface area contributed by atoms with Gasteiger partial charge in [-0.15, -0.1) is 0 Å². The van der Waals surface area contributed by atoms with Crippen LogP contribution in [0, 0.1) is 0 Å². The maximum Gasteiger partial charge on any atom is 0.487 e. The summed E-state index contributed by atoms with van der Waals surface area (Å²) in [7, 11) is -0.825. The third-order valence-electron chi connectivity index (χ3n) is 5.08. The number of alkyl halides is 2. The highest BCUT2D eigenvalue weighted by atomic mass is 19.3. The van der Waals surface area contributed by atoms with Crippen molar-refractivity contribution in [1.29, 1.82) is 0 Å². The lowest BCUT2D eigenvalue weighted by Crippen LogP contribution is -2.41. The fraction of sp³-hybridized carbons (Fsp3) is 0.833. The molecule has 0 spiro atoms. The summed E-state index contributed by atoms with van der Waals surface area (Å²) in [5, 5.41) is 0. The van der Waals surface area contributed by atoms with Crippen molar-refractivity contribution < 1.29 is 27.6 Å². The summed E-state index contributed by atoms with van der Waals surface area (Å²) < 4.78 is 46.1. The Morgan fingerprint density at radius 3 is 2.19 bits per heavy atom. The van der Waals surface area contributed by atoms with Gasteiger partial charge in [-0.3, -0.25) is 0 Å². The topological polar surface area (TPSA) is 48.0 Å². The van der Waals surface area contributed by atoms with Gasteiger partial charge in [0.1, 0.15) is 5.60 Å². The van der Waals surface area contributed by atoms with Crippen LogP contribution in [-0.2, 0) is 14.0 Å². The van der Waals surface area contributed by atoms with E-state index >= 15 is 0 Å². The van der Waals surface area contributed by atoms with E-state index in [1.165, 1.54) is 10.9 Å². The second-order valence-electron chi connectivity index (χ2n) is 8.99. The van der Waals surface area contributed by atoms with Crippen LogP contribution in [0.3, 0.4) is 0 Å². The van der Waals surface area contributed by atoms with E-state index in [-0.39, 0.29) is 25.1 Å². The zero-order valence-electron chi connectivity index (χ0n) is 16.8. The average molecular weight is 373 g/mol. The number of carbonyl (C=O) groups excluding carboxylic acids is 1. The molecule has 0 aliphatic carbocycles. The summed E-state index contributed by atoms with van der Waals surface area (Å²) >= 11 is 0. The molecule has 2 aliphatic rings. The number of likely N-dealkylation sites (tertiary alicyclic amines) is 1. The summed E-state index contributed by atoms with van der Waals surface area (Å²) in [6.45, 7) is 12.9. The van der Waals surface area contributed by atoms with Crippen molar-refractivity contribution in [2.75, 3.05) is 13.1 Å². The highest BCUT2D eigenvalue weighted by Gasteiger charge is 2.51. The molecule has 2 rings (SSSR count). The summed E-state index contributed by atoms with van der Waals surface area (Å²) in [5.41, 5.74) is -1.89. The smallest absolute Gasteiger partial charge is 0.444 e. The molecule has 0 N–H and O–H groups in total. The molecule has 1 amide bonds. The lowest BCUT2D eigenvalue weighted by atomic mass is 9.84. The van der Waals surface area contributed by atoms with Gasteiger partial charge < -0.3 is 18.9 Å². The molecule has 2 saturated heterocycles. The number of carbonyl (C=O) groups is 1. The van der Waals surface area contributed by atoms with Gasteiger partial charge in [-0.25, -0.2) is 13.6 Å². The second kappa shape index (κ2) is 6.78. The second-order valence-corrected chi connectivity index (χ2v) is 8.99. The van der Waals surface area contributed by atoms with Crippen LogP contribution in [0.2, 0.25) is 0 Å². The molecular formula is C18H30BF2NO4. The lowest BCUT2D eigenvalue weighted by Gasteiger charge is -2.32. The first-order valence-corrected chi connectivity index (χ1v) is 9.06. The molecule has 0 aromatic heterocycles. The van der Waals surface area contributed by atoms with E-state index in [1.807, 2.05) is 27.7 Å². The van der Waals surface area contributed by atoms with Gasteiger partial charge in [-0.2, -0.15) is 0 Å². The van der Waals surface area contributed by atoms with Crippen molar-refractivity contribution in [2.45, 2.75) is 84.0 Å². The molecule has 0 atom stereocenters. The third kappa shape index (κ3) is 4.77. The van der Waals surface area contributed by atoms with E-state index in [0.29, 0.717) is 0 Å². The molecule has 0 unspecified atom stereocenters. The summed E-state index contributed by atoms with van der Waals surface area (Å²) in [6.07, 6.45) is -0.960. The van der Waals surface area contributed by atoms with Gasteiger partial charge in [0, 0.05) is 19.5 Å². The molecule has 2 fully saturated rings. The number of nitrogens with zero attached hydrogens (tertiary/aromatic N) is 1. The van der Waals surface area contributed by atoms with Crippen molar-refractivity contribution in [3.8, 4) is 0 Å². The zero-order valence-corrected chi connectivity index (χ0v) is 16.8. The number of amides is 1. The maximum atomic E-state index is 14.6. The molecular weight excluding hydrogens is 343 g/mol. The minimum atomic E-state index is -3.01. The number of hydrogen-bond donors (Lipinski definition) is 0. The molecule has 0 bridgehead atoms. The molecule has 5 nitrogen and oxygen atoms in total. The predicted octanol–water partition coefficient (Wildman–Crippen LogP) is 4.21. The molecule has 0 radical (unpaired) electrons. The van der Waals surface area contributed by atoms with Crippen LogP contribution in [0.5, 0.6) is 0 Å². The Hall–Kier alpha value is -1.15. The van der Waals surface area contributed by atoms with Crippen LogP contribution in [0.15, 0.2) is 11.5 Å². The fourth-order valence-corrected chi connectivity index (χ4v) is 2.82. The van der Waals surface area contributed by atoms with Crippen LogP contribution in [-0.4, -0.2) is 53.9 Å². The largest absolute Gasteiger partial charge is 0.487 e. The van der Waals surface area contributed by atoms with Crippen molar-refractivity contribution in [2.24, 2.45) is 0 Å². The van der Waals surface area contributed by atoms with Crippen LogP contribution in [0.4, 0.5) is 13.6 Å². The quantitative estimate of drug-likeness (QED) is 0.646. The van der Waals surface area contributed by atoms with E-state index in [0.717, 1.165) is 0 Å². The van der Waals surface area contributed by atoms with Crippen molar-refractivity contribution in [3.63, 3.8) is 0 Å². The first kappa shape index (κ1) is 21.2. The first-order valence-electron chi connectivity index (χ1n) is 9.06. The Morgan fingerprint density at radius 1 is 1.15 bits per heavy atom. The van der Waals surface area contributed by atoms with Gasteiger partial charge in [0.25, 0.3) is 5.92 Å². The van der Waals surface area contributed by atoms with Gasteiger partial charge in [0.05, 0.1) is 11.2 Å². The molecule has 26 heavy (non-hydrogen) atoms. The molecule has 8 heteroatoms. The van der Waals surface area contributed by atoms with Gasteiger partial charge in [0.15, 0.2) is 0 Å². The molecule has 0 aromatic rings. The summed E-state index contributed by atoms with van der Waals surface area (Å²) in [6, 6.07) is 0. The van der Waals surface area contributed by atoms with Gasteiger partial charge in [-0.05, 0) is 66.4 Å². The van der Waals surface area contributed by atoms with E-state index in [2.05, 4.69) is 0 Å². The van der Waals surface area contributed by atoms with E-state index in [4.69, 9.17) is 14.0 Å². The first-order chi connectivity index (χ1) is 11.6. The minimum absolute atomic E-state index is 0.0519. The van der Waals surface area contributed by atoms with Crippen molar-refractivity contribution in [1.82, 2.24) is 4.90 Å². The molecule has 148 valence electrons. The molecule has 2 aliphatic heterocycles. The van der Waals surface area contributed by atoms with E-state index in [9.17, 15) is 13.6 Å². The molecule has 0 saturated carbocycles. The molecule has 2 heterocycles. The average Bonchev–Trinajstić information content (AvgIpc) is 2.52. The predicted molar refractivity (Wildman–Crippen MR) is 96.2 cm³/mol. The number of halogens is 2. The third-order valence-corrected chi connectivity index (χ3v) is 5.08. The van der Waals surface area contributed by atoms with Crippen LogP contribution < -0.4 is 0 Å². The zero-order chi connectivity index (χ0) is 20.0. The Morgan fingerprint density at radius 2 is 1.69 bits per heavy atom. The Kier molecular flexibility index (Phi) is 5.52. The summed E-state index contributed by atoms with van der Waals surface area (Å²) in [4.78, 5) is 13.5. The number of hydrogen-bond acceptors (Lipinski definition) is 4.